The topological polar surface area (TPSA) is 9.34 Å². The first-order valence-electron chi connectivity index (χ1n) is 15.4. The van der Waals surface area contributed by atoms with E-state index in [2.05, 4.69) is 130 Å². The van der Waals surface area contributed by atoms with E-state index >= 15 is 0 Å². The summed E-state index contributed by atoms with van der Waals surface area (Å²) in [6.07, 6.45) is 0. The quantitative estimate of drug-likeness (QED) is 0.170. The van der Waals surface area contributed by atoms with Crippen molar-refractivity contribution in [3.05, 3.63) is 89.5 Å². The molecule has 2 aliphatic heterocycles. The first-order chi connectivity index (χ1) is 20.0. The number of hydrogen-bond acceptors (Lipinski definition) is 0. The summed E-state index contributed by atoms with van der Waals surface area (Å²) >= 11 is 0. The molecule has 3 aromatic heterocycles. The fraction of sp³-hybridized carbons (Fsp3) is 0.231. The molecule has 0 aliphatic carbocycles. The van der Waals surface area contributed by atoms with Gasteiger partial charge in [0, 0.05) is 48.9 Å². The highest BCUT2D eigenvalue weighted by atomic mass is 15.0. The average molecular weight is 541 g/mol. The predicted octanol–water partition coefficient (Wildman–Crippen LogP) is 8.80. The van der Waals surface area contributed by atoms with Crippen molar-refractivity contribution in [3.63, 3.8) is 0 Å². The molecule has 0 N–H and O–H groups in total. The number of hydrogen-bond donors (Lipinski definition) is 0. The lowest BCUT2D eigenvalue weighted by Crippen LogP contribution is -2.53. The van der Waals surface area contributed by atoms with Crippen molar-refractivity contribution < 1.29 is 0 Å². The fourth-order valence-electron chi connectivity index (χ4n) is 8.65. The highest BCUT2D eigenvalue weighted by Gasteiger charge is 2.42. The Labute approximate surface area is 246 Å². The highest BCUT2D eigenvalue weighted by Crippen LogP contribution is 2.48. The van der Waals surface area contributed by atoms with E-state index in [1.165, 1.54) is 98.6 Å². The van der Waals surface area contributed by atoms with Crippen molar-refractivity contribution >= 4 is 77.7 Å². The second-order valence-electron chi connectivity index (χ2n) is 15.1. The van der Waals surface area contributed by atoms with Gasteiger partial charge in [-0.25, -0.2) is 0 Å². The molecule has 2 aliphatic rings. The molecule has 0 bridgehead atoms. The van der Waals surface area contributed by atoms with E-state index in [4.69, 9.17) is 0 Å². The van der Waals surface area contributed by atoms with E-state index < -0.39 is 0 Å². The first-order valence-corrected chi connectivity index (χ1v) is 15.4. The van der Waals surface area contributed by atoms with Gasteiger partial charge in [0.2, 0.25) is 0 Å². The summed E-state index contributed by atoms with van der Waals surface area (Å²) in [6.45, 7) is 16.5. The van der Waals surface area contributed by atoms with Crippen LogP contribution in [0.5, 0.6) is 0 Å². The van der Waals surface area contributed by atoms with Gasteiger partial charge in [0.1, 0.15) is 0 Å². The number of para-hydroxylation sites is 2. The molecular weight excluding hydrogens is 507 g/mol. The lowest BCUT2D eigenvalue weighted by molar-refractivity contribution is 0.590. The molecule has 10 rings (SSSR count). The van der Waals surface area contributed by atoms with Crippen molar-refractivity contribution in [3.8, 4) is 11.1 Å². The van der Waals surface area contributed by atoms with Gasteiger partial charge in [-0.3, -0.25) is 0 Å². The first kappa shape index (κ1) is 23.3. The molecule has 0 spiro atoms. The number of fused-ring (bicyclic) bond motifs is 8. The van der Waals surface area contributed by atoms with Crippen LogP contribution in [-0.4, -0.2) is 15.7 Å². The van der Waals surface area contributed by atoms with Gasteiger partial charge in [0.05, 0.1) is 16.6 Å². The van der Waals surface area contributed by atoms with Crippen LogP contribution in [0.3, 0.4) is 0 Å². The number of rotatable bonds is 0. The summed E-state index contributed by atoms with van der Waals surface area (Å²) in [5, 5.41) is 8.33. The maximum atomic E-state index is 2.71. The molecule has 42 heavy (non-hydrogen) atoms. The van der Waals surface area contributed by atoms with Crippen LogP contribution in [0.15, 0.2) is 72.8 Å². The van der Waals surface area contributed by atoms with Crippen LogP contribution in [0, 0.1) is 6.92 Å². The maximum absolute atomic E-state index is 2.71. The summed E-state index contributed by atoms with van der Waals surface area (Å²) in [4.78, 5) is 0. The highest BCUT2D eigenvalue weighted by molar-refractivity contribution is 6.91. The number of benzene rings is 5. The minimum atomic E-state index is 0.0438. The van der Waals surface area contributed by atoms with Gasteiger partial charge in [0.15, 0.2) is 0 Å². The van der Waals surface area contributed by atoms with Crippen LogP contribution in [-0.2, 0) is 10.8 Å². The summed E-state index contributed by atoms with van der Waals surface area (Å²) < 4.78 is 5.34. The predicted molar refractivity (Wildman–Crippen MR) is 182 cm³/mol. The maximum Gasteiger partial charge on any atom is 0.333 e. The van der Waals surface area contributed by atoms with Crippen molar-refractivity contribution in [2.24, 2.45) is 0 Å². The molecule has 5 aromatic carbocycles. The molecular formula is C39H33BN2. The molecule has 0 saturated carbocycles. The lowest BCUT2D eigenvalue weighted by Gasteiger charge is -2.32. The van der Waals surface area contributed by atoms with E-state index in [1.807, 2.05) is 0 Å². The van der Waals surface area contributed by atoms with Crippen molar-refractivity contribution in [1.82, 2.24) is 8.88 Å². The van der Waals surface area contributed by atoms with Crippen LogP contribution in [0.1, 0.15) is 58.2 Å². The normalized spacial score (nSPS) is 14.5. The second kappa shape index (κ2) is 6.87. The molecule has 0 amide bonds. The Kier molecular flexibility index (Phi) is 3.82. The largest absolute Gasteiger partial charge is 0.375 e. The Balaban J connectivity index is 1.50. The summed E-state index contributed by atoms with van der Waals surface area (Å²) in [6, 6.07) is 28.7. The van der Waals surface area contributed by atoms with Crippen molar-refractivity contribution in [2.75, 3.05) is 0 Å². The van der Waals surface area contributed by atoms with Crippen molar-refractivity contribution in [1.29, 1.82) is 0 Å². The van der Waals surface area contributed by atoms with Crippen LogP contribution >= 0.6 is 0 Å². The third-order valence-electron chi connectivity index (χ3n) is 10.6. The molecule has 0 saturated heterocycles. The molecule has 2 nitrogen and oxygen atoms in total. The van der Waals surface area contributed by atoms with Gasteiger partial charge in [-0.15, -0.1) is 0 Å². The summed E-state index contributed by atoms with van der Waals surface area (Å²) in [5.41, 5.74) is 16.9. The average Bonchev–Trinajstić information content (AvgIpc) is 3.59. The standard InChI is InChI=1S/C39H33BN2/c1-20-16-27-29-19-22(39(5,6)7)18-28-26-17-21(38(2,3)4)14-15-31(26)42(35(28)29)40-30-13-9-11-24-23-10-8-12-25-32(20)37(33(27)40)41(34(23)25)36(24)30/h8-19H,1-7H3. The van der Waals surface area contributed by atoms with Gasteiger partial charge < -0.3 is 8.88 Å². The van der Waals surface area contributed by atoms with E-state index in [1.54, 1.807) is 0 Å². The van der Waals surface area contributed by atoms with Crippen LogP contribution < -0.4 is 10.9 Å². The van der Waals surface area contributed by atoms with E-state index in [0.717, 1.165) is 0 Å². The lowest BCUT2D eigenvalue weighted by atomic mass is 9.46. The smallest absolute Gasteiger partial charge is 0.333 e. The number of nitrogens with zero attached hydrogens (tertiary/aromatic N) is 2. The minimum absolute atomic E-state index is 0.0438. The Hall–Kier alpha value is -4.24. The Morgan fingerprint density at radius 2 is 1.26 bits per heavy atom. The van der Waals surface area contributed by atoms with Gasteiger partial charge in [-0.2, -0.15) is 0 Å². The molecule has 0 fully saturated rings. The fourth-order valence-corrected chi connectivity index (χ4v) is 8.65. The van der Waals surface area contributed by atoms with Gasteiger partial charge in [-0.1, -0.05) is 90.1 Å². The van der Waals surface area contributed by atoms with Crippen LogP contribution in [0.25, 0.3) is 71.0 Å². The minimum Gasteiger partial charge on any atom is -0.375 e. The molecule has 0 unspecified atom stereocenters. The molecule has 8 aromatic rings. The zero-order chi connectivity index (χ0) is 28.6. The molecule has 3 heteroatoms. The van der Waals surface area contributed by atoms with Gasteiger partial charge in [-0.05, 0) is 75.2 Å². The monoisotopic (exact) mass is 540 g/mol. The van der Waals surface area contributed by atoms with E-state index in [0.29, 0.717) is 0 Å². The molecule has 5 heterocycles. The van der Waals surface area contributed by atoms with E-state index in [9.17, 15) is 0 Å². The molecule has 202 valence electrons. The zero-order valence-electron chi connectivity index (χ0n) is 25.4. The van der Waals surface area contributed by atoms with E-state index in [-0.39, 0.29) is 17.7 Å². The second-order valence-corrected chi connectivity index (χ2v) is 15.1. The molecule has 0 radical (unpaired) electrons. The number of aryl methyl sites for hydroxylation is 1. The summed E-state index contributed by atoms with van der Waals surface area (Å²) in [7, 11) is 0. The Bertz CT molecular complexity index is 2540. The van der Waals surface area contributed by atoms with Crippen LogP contribution in [0.4, 0.5) is 0 Å². The number of aromatic nitrogens is 2. The third kappa shape index (κ3) is 2.45. The zero-order valence-corrected chi connectivity index (χ0v) is 25.4. The third-order valence-corrected chi connectivity index (χ3v) is 10.6. The van der Waals surface area contributed by atoms with Gasteiger partial charge >= 0.3 is 6.85 Å². The summed E-state index contributed by atoms with van der Waals surface area (Å²) in [5.74, 6) is 0. The van der Waals surface area contributed by atoms with Crippen LogP contribution in [0.2, 0.25) is 0 Å². The SMILES string of the molecule is Cc1cc2c3c4c1c1cccc5c6cccc(c6n4c51)B3n1c3ccc(C(C)(C)C)cc3c3cc(C(C)(C)C)cc-2c31. The van der Waals surface area contributed by atoms with Crippen molar-refractivity contribution in [2.45, 2.75) is 59.3 Å². The molecule has 0 atom stereocenters. The van der Waals surface area contributed by atoms with Gasteiger partial charge in [0.25, 0.3) is 0 Å². The Morgan fingerprint density at radius 3 is 2.02 bits per heavy atom. The Morgan fingerprint density at radius 1 is 0.571 bits per heavy atom.